The smallest absolute Gasteiger partial charge is 0.253 e. The van der Waals surface area contributed by atoms with E-state index in [1.807, 2.05) is 6.92 Å². The second kappa shape index (κ2) is 4.89. The van der Waals surface area contributed by atoms with Gasteiger partial charge in [-0.1, -0.05) is 6.92 Å². The molecule has 1 aliphatic heterocycles. The molecule has 18 heavy (non-hydrogen) atoms. The Morgan fingerprint density at radius 3 is 2.78 bits per heavy atom. The highest BCUT2D eigenvalue weighted by Gasteiger charge is 2.31. The first-order chi connectivity index (χ1) is 8.49. The maximum atomic E-state index is 13.4. The summed E-state index contributed by atoms with van der Waals surface area (Å²) in [5, 5.41) is 2.36. The molecule has 98 valence electrons. The fourth-order valence-corrected chi connectivity index (χ4v) is 1.90. The van der Waals surface area contributed by atoms with E-state index < -0.39 is 23.6 Å². The lowest BCUT2D eigenvalue weighted by atomic mass is 10.0. The Morgan fingerprint density at radius 1 is 1.44 bits per heavy atom. The Kier molecular flexibility index (Phi) is 3.47. The molecule has 2 unspecified atom stereocenters. The van der Waals surface area contributed by atoms with Crippen molar-refractivity contribution in [1.82, 2.24) is 0 Å². The summed E-state index contributed by atoms with van der Waals surface area (Å²) in [5.74, 6) is -2.08. The molecule has 4 nitrogen and oxygen atoms in total. The lowest BCUT2D eigenvalue weighted by Gasteiger charge is -2.15. The zero-order valence-corrected chi connectivity index (χ0v) is 9.87. The van der Waals surface area contributed by atoms with Crippen LogP contribution in [-0.2, 0) is 9.53 Å². The number of carbonyl (C=O) groups excluding carboxylic acids is 1. The summed E-state index contributed by atoms with van der Waals surface area (Å²) in [6.07, 6.45) is 0.183. The molecule has 0 aromatic heterocycles. The molecule has 1 heterocycles. The van der Waals surface area contributed by atoms with Gasteiger partial charge in [0.05, 0.1) is 11.4 Å². The second-order valence-corrected chi connectivity index (χ2v) is 4.40. The van der Waals surface area contributed by atoms with Crippen LogP contribution in [0.1, 0.15) is 13.3 Å². The molecule has 0 aliphatic carbocycles. The first-order valence-electron chi connectivity index (χ1n) is 5.66. The number of hydrogen-bond donors (Lipinski definition) is 2. The van der Waals surface area contributed by atoms with E-state index in [1.54, 1.807) is 0 Å². The van der Waals surface area contributed by atoms with Gasteiger partial charge in [0.15, 0.2) is 0 Å². The van der Waals surface area contributed by atoms with E-state index in [0.717, 1.165) is 12.5 Å². The topological polar surface area (TPSA) is 64.3 Å². The lowest BCUT2D eigenvalue weighted by molar-refractivity contribution is -0.126. The molecule has 0 saturated carbocycles. The number of halogens is 2. The molecule has 0 radical (unpaired) electrons. The summed E-state index contributed by atoms with van der Waals surface area (Å²) in [5.41, 5.74) is 4.97. The van der Waals surface area contributed by atoms with E-state index in [4.69, 9.17) is 10.5 Å². The number of carbonyl (C=O) groups is 1. The van der Waals surface area contributed by atoms with Crippen molar-refractivity contribution in [3.8, 4) is 0 Å². The van der Waals surface area contributed by atoms with Crippen molar-refractivity contribution in [2.24, 2.45) is 5.92 Å². The minimum Gasteiger partial charge on any atom is -0.396 e. The molecular formula is C12H14F2N2O2. The third-order valence-electron chi connectivity index (χ3n) is 2.99. The molecule has 1 amide bonds. The largest absolute Gasteiger partial charge is 0.396 e. The Bertz CT molecular complexity index is 479. The van der Waals surface area contributed by atoms with E-state index in [1.165, 1.54) is 0 Å². The summed E-state index contributed by atoms with van der Waals surface area (Å²) in [4.78, 5) is 11.8. The molecule has 3 N–H and O–H groups in total. The quantitative estimate of drug-likeness (QED) is 0.794. The molecular weight excluding hydrogens is 242 g/mol. The van der Waals surface area contributed by atoms with Gasteiger partial charge in [0.2, 0.25) is 0 Å². The Labute approximate surface area is 103 Å². The van der Waals surface area contributed by atoms with Gasteiger partial charge in [-0.25, -0.2) is 8.78 Å². The highest BCUT2D eigenvalue weighted by Crippen LogP contribution is 2.24. The van der Waals surface area contributed by atoms with Crippen molar-refractivity contribution in [3.05, 3.63) is 23.8 Å². The lowest BCUT2D eigenvalue weighted by Crippen LogP contribution is -2.31. The summed E-state index contributed by atoms with van der Waals surface area (Å²) < 4.78 is 31.6. The number of amides is 1. The van der Waals surface area contributed by atoms with Crippen molar-refractivity contribution >= 4 is 17.3 Å². The molecule has 1 aliphatic rings. The van der Waals surface area contributed by atoms with Gasteiger partial charge in [0.25, 0.3) is 5.91 Å². The SMILES string of the molecule is CC1CCOC1C(=O)Nc1cc(N)c(F)cc1F. The van der Waals surface area contributed by atoms with Gasteiger partial charge in [0, 0.05) is 12.7 Å². The van der Waals surface area contributed by atoms with Gasteiger partial charge in [-0.2, -0.15) is 0 Å². The number of benzene rings is 1. The second-order valence-electron chi connectivity index (χ2n) is 4.40. The first kappa shape index (κ1) is 12.8. The van der Waals surface area contributed by atoms with Crippen LogP contribution in [0.2, 0.25) is 0 Å². The van der Waals surface area contributed by atoms with Crippen LogP contribution in [0, 0.1) is 17.6 Å². The molecule has 2 atom stereocenters. The average Bonchev–Trinajstić information content (AvgIpc) is 2.72. The van der Waals surface area contributed by atoms with Gasteiger partial charge in [-0.3, -0.25) is 4.79 Å². The Morgan fingerprint density at radius 2 is 2.17 bits per heavy atom. The Hall–Kier alpha value is -1.69. The maximum absolute atomic E-state index is 13.4. The summed E-state index contributed by atoms with van der Waals surface area (Å²) in [7, 11) is 0. The fourth-order valence-electron chi connectivity index (χ4n) is 1.90. The number of nitrogens with two attached hydrogens (primary N) is 1. The third kappa shape index (κ3) is 2.43. The number of ether oxygens (including phenoxy) is 1. The van der Waals surface area contributed by atoms with E-state index >= 15 is 0 Å². The number of hydrogen-bond acceptors (Lipinski definition) is 3. The number of anilines is 2. The maximum Gasteiger partial charge on any atom is 0.253 e. The van der Waals surface area contributed by atoms with Gasteiger partial charge in [-0.05, 0) is 18.4 Å². The standard InChI is InChI=1S/C12H14F2N2O2/c1-6-2-3-18-11(6)12(17)16-10-5-9(15)7(13)4-8(10)14/h4-6,11H,2-3,15H2,1H3,(H,16,17). The molecule has 2 rings (SSSR count). The van der Waals surface area contributed by atoms with Crippen molar-refractivity contribution < 1.29 is 18.3 Å². The highest BCUT2D eigenvalue weighted by molar-refractivity contribution is 5.95. The normalized spacial score (nSPS) is 23.1. The third-order valence-corrected chi connectivity index (χ3v) is 2.99. The van der Waals surface area contributed by atoms with E-state index in [-0.39, 0.29) is 17.3 Å². The van der Waals surface area contributed by atoms with Gasteiger partial charge in [0.1, 0.15) is 17.7 Å². The molecule has 1 aromatic rings. The Balaban J connectivity index is 2.14. The number of rotatable bonds is 2. The van der Waals surface area contributed by atoms with Crippen molar-refractivity contribution in [1.29, 1.82) is 0 Å². The first-order valence-corrected chi connectivity index (χ1v) is 5.66. The van der Waals surface area contributed by atoms with Crippen molar-refractivity contribution in [3.63, 3.8) is 0 Å². The predicted octanol–water partition coefficient (Wildman–Crippen LogP) is 1.91. The minimum absolute atomic E-state index is 0.0749. The molecule has 0 bridgehead atoms. The molecule has 1 saturated heterocycles. The van der Waals surface area contributed by atoms with Crippen LogP contribution in [0.5, 0.6) is 0 Å². The van der Waals surface area contributed by atoms with Gasteiger partial charge >= 0.3 is 0 Å². The van der Waals surface area contributed by atoms with Crippen LogP contribution in [0.3, 0.4) is 0 Å². The van der Waals surface area contributed by atoms with Crippen LogP contribution < -0.4 is 11.1 Å². The summed E-state index contributed by atoms with van der Waals surface area (Å²) in [6, 6.07) is 1.70. The van der Waals surface area contributed by atoms with Gasteiger partial charge in [-0.15, -0.1) is 0 Å². The van der Waals surface area contributed by atoms with Gasteiger partial charge < -0.3 is 15.8 Å². The van der Waals surface area contributed by atoms with Crippen LogP contribution in [0.4, 0.5) is 20.2 Å². The van der Waals surface area contributed by atoms with Crippen molar-refractivity contribution in [2.75, 3.05) is 17.7 Å². The van der Waals surface area contributed by atoms with E-state index in [2.05, 4.69) is 5.32 Å². The number of nitrogen functional groups attached to an aromatic ring is 1. The summed E-state index contributed by atoms with van der Waals surface area (Å²) in [6.45, 7) is 2.39. The molecule has 1 fully saturated rings. The van der Waals surface area contributed by atoms with Crippen molar-refractivity contribution in [2.45, 2.75) is 19.4 Å². The summed E-state index contributed by atoms with van der Waals surface area (Å²) >= 11 is 0. The molecule has 1 aromatic carbocycles. The van der Waals surface area contributed by atoms with Crippen LogP contribution in [0.25, 0.3) is 0 Å². The van der Waals surface area contributed by atoms with Crippen LogP contribution in [0.15, 0.2) is 12.1 Å². The molecule has 6 heteroatoms. The fraction of sp³-hybridized carbons (Fsp3) is 0.417. The molecule has 0 spiro atoms. The monoisotopic (exact) mass is 256 g/mol. The average molecular weight is 256 g/mol. The van der Waals surface area contributed by atoms with Crippen LogP contribution >= 0.6 is 0 Å². The van der Waals surface area contributed by atoms with Crippen LogP contribution in [-0.4, -0.2) is 18.6 Å². The minimum atomic E-state index is -0.860. The van der Waals surface area contributed by atoms with E-state index in [9.17, 15) is 13.6 Å². The predicted molar refractivity (Wildman–Crippen MR) is 62.9 cm³/mol. The highest BCUT2D eigenvalue weighted by atomic mass is 19.1. The number of nitrogens with one attached hydrogen (secondary N) is 1. The zero-order chi connectivity index (χ0) is 13.3. The van der Waals surface area contributed by atoms with E-state index in [0.29, 0.717) is 12.7 Å². The zero-order valence-electron chi connectivity index (χ0n) is 9.87.